The summed E-state index contributed by atoms with van der Waals surface area (Å²) < 4.78 is 0. The lowest BCUT2D eigenvalue weighted by atomic mass is 9.86. The summed E-state index contributed by atoms with van der Waals surface area (Å²) in [6.07, 6.45) is 0. The maximum atomic E-state index is 12.6. The Morgan fingerprint density at radius 3 is 1.62 bits per heavy atom. The molecule has 0 saturated heterocycles. The number of amides is 1. The molecule has 1 amide bonds. The van der Waals surface area contributed by atoms with Gasteiger partial charge in [-0.3, -0.25) is 4.79 Å². The molecule has 0 aliphatic rings. The number of hydrogen-bond acceptors (Lipinski definition) is 1. The largest absolute Gasteiger partial charge is 0.277 e. The fourth-order valence-electron chi connectivity index (χ4n) is 2.77. The van der Waals surface area contributed by atoms with Crippen molar-refractivity contribution in [3.05, 3.63) is 107 Å². The summed E-state index contributed by atoms with van der Waals surface area (Å²) in [5, 5.41) is 0. The Bertz CT molecular complexity index is 902. The fourth-order valence-corrected chi connectivity index (χ4v) is 2.77. The molecule has 26 heavy (non-hydrogen) atoms. The summed E-state index contributed by atoms with van der Waals surface area (Å²) >= 11 is 0. The molecule has 3 aromatic rings. The minimum absolute atomic E-state index is 0.0858. The van der Waals surface area contributed by atoms with Crippen LogP contribution in [0, 0.1) is 0 Å². The molecule has 2 heteroatoms. The van der Waals surface area contributed by atoms with Crippen molar-refractivity contribution in [2.24, 2.45) is 4.99 Å². The SMILES string of the molecule is CC(C)(C)c1ccc(C(=NC(=O)c2ccccc2)c2ccccc2)cc1. The number of nitrogens with zero attached hydrogens (tertiary/aromatic N) is 1. The Hall–Kier alpha value is -3.00. The molecular formula is C24H23NO. The topological polar surface area (TPSA) is 29.4 Å². The van der Waals surface area contributed by atoms with E-state index < -0.39 is 0 Å². The number of benzene rings is 3. The van der Waals surface area contributed by atoms with Gasteiger partial charge in [-0.15, -0.1) is 0 Å². The highest BCUT2D eigenvalue weighted by Gasteiger charge is 2.15. The van der Waals surface area contributed by atoms with Crippen LogP contribution >= 0.6 is 0 Å². The van der Waals surface area contributed by atoms with E-state index in [-0.39, 0.29) is 11.3 Å². The van der Waals surface area contributed by atoms with Crippen LogP contribution in [0.25, 0.3) is 0 Å². The first-order valence-electron chi connectivity index (χ1n) is 8.79. The van der Waals surface area contributed by atoms with Crippen LogP contribution in [-0.2, 0) is 5.41 Å². The van der Waals surface area contributed by atoms with Crippen molar-refractivity contribution in [2.75, 3.05) is 0 Å². The average Bonchev–Trinajstić information content (AvgIpc) is 2.67. The summed E-state index contributed by atoms with van der Waals surface area (Å²) in [6, 6.07) is 27.3. The lowest BCUT2D eigenvalue weighted by Gasteiger charge is -2.19. The highest BCUT2D eigenvalue weighted by Crippen LogP contribution is 2.23. The van der Waals surface area contributed by atoms with Gasteiger partial charge >= 0.3 is 0 Å². The van der Waals surface area contributed by atoms with Crippen LogP contribution in [0.2, 0.25) is 0 Å². The zero-order valence-electron chi connectivity index (χ0n) is 15.4. The van der Waals surface area contributed by atoms with E-state index in [2.05, 4.69) is 37.9 Å². The van der Waals surface area contributed by atoms with Crippen molar-refractivity contribution in [3.8, 4) is 0 Å². The first-order chi connectivity index (χ1) is 12.4. The predicted molar refractivity (Wildman–Crippen MR) is 108 cm³/mol. The van der Waals surface area contributed by atoms with Crippen molar-refractivity contribution in [2.45, 2.75) is 26.2 Å². The van der Waals surface area contributed by atoms with Crippen molar-refractivity contribution in [3.63, 3.8) is 0 Å². The third-order valence-electron chi connectivity index (χ3n) is 4.31. The van der Waals surface area contributed by atoms with Gasteiger partial charge in [-0.1, -0.05) is 93.6 Å². The van der Waals surface area contributed by atoms with E-state index in [0.717, 1.165) is 11.1 Å². The Morgan fingerprint density at radius 2 is 1.12 bits per heavy atom. The molecule has 0 atom stereocenters. The lowest BCUT2D eigenvalue weighted by molar-refractivity contribution is 0.100. The van der Waals surface area contributed by atoms with Gasteiger partial charge in [-0.2, -0.15) is 0 Å². The minimum Gasteiger partial charge on any atom is -0.267 e. The third kappa shape index (κ3) is 4.15. The van der Waals surface area contributed by atoms with E-state index in [4.69, 9.17) is 0 Å². The van der Waals surface area contributed by atoms with Crippen LogP contribution in [0.5, 0.6) is 0 Å². The minimum atomic E-state index is -0.232. The van der Waals surface area contributed by atoms with Crippen molar-refractivity contribution in [1.29, 1.82) is 0 Å². The van der Waals surface area contributed by atoms with Gasteiger partial charge in [0, 0.05) is 16.7 Å². The van der Waals surface area contributed by atoms with E-state index in [9.17, 15) is 4.79 Å². The zero-order chi connectivity index (χ0) is 18.6. The predicted octanol–water partition coefficient (Wildman–Crippen LogP) is 5.66. The first-order valence-corrected chi connectivity index (χ1v) is 8.79. The van der Waals surface area contributed by atoms with Gasteiger partial charge in [-0.25, -0.2) is 4.99 Å². The van der Waals surface area contributed by atoms with Gasteiger partial charge in [-0.05, 0) is 23.1 Å². The molecule has 0 aliphatic carbocycles. The number of carbonyl (C=O) groups is 1. The van der Waals surface area contributed by atoms with Crippen LogP contribution in [0.4, 0.5) is 0 Å². The molecule has 3 rings (SSSR count). The summed E-state index contributed by atoms with van der Waals surface area (Å²) in [5.41, 5.74) is 4.49. The lowest BCUT2D eigenvalue weighted by Crippen LogP contribution is -2.12. The summed E-state index contributed by atoms with van der Waals surface area (Å²) in [7, 11) is 0. The van der Waals surface area contributed by atoms with Crippen LogP contribution in [-0.4, -0.2) is 11.6 Å². The molecule has 0 fully saturated rings. The second kappa shape index (κ2) is 7.49. The van der Waals surface area contributed by atoms with Crippen molar-refractivity contribution >= 4 is 11.6 Å². The molecule has 0 N–H and O–H groups in total. The van der Waals surface area contributed by atoms with E-state index in [1.165, 1.54) is 5.56 Å². The molecule has 130 valence electrons. The van der Waals surface area contributed by atoms with Crippen LogP contribution in [0.3, 0.4) is 0 Å². The summed E-state index contributed by atoms with van der Waals surface area (Å²) in [6.45, 7) is 6.56. The van der Waals surface area contributed by atoms with Crippen LogP contribution in [0.1, 0.15) is 47.8 Å². The second-order valence-electron chi connectivity index (χ2n) is 7.32. The van der Waals surface area contributed by atoms with Gasteiger partial charge in [0.15, 0.2) is 0 Å². The Labute approximate surface area is 155 Å². The van der Waals surface area contributed by atoms with E-state index in [1.54, 1.807) is 12.1 Å². The quantitative estimate of drug-likeness (QED) is 0.565. The Morgan fingerprint density at radius 1 is 0.654 bits per heavy atom. The standard InChI is InChI=1S/C24H23NO/c1-24(2,3)21-16-14-19(15-17-21)22(18-10-6-4-7-11-18)25-23(26)20-12-8-5-9-13-20/h4-17H,1-3H3. The van der Waals surface area contributed by atoms with Crippen LogP contribution < -0.4 is 0 Å². The molecule has 0 radical (unpaired) electrons. The molecule has 2 nitrogen and oxygen atoms in total. The molecule has 0 bridgehead atoms. The summed E-state index contributed by atoms with van der Waals surface area (Å²) in [4.78, 5) is 17.1. The molecule has 0 saturated carbocycles. The second-order valence-corrected chi connectivity index (χ2v) is 7.32. The van der Waals surface area contributed by atoms with Gasteiger partial charge in [0.05, 0.1) is 5.71 Å². The fraction of sp³-hybridized carbons (Fsp3) is 0.167. The van der Waals surface area contributed by atoms with Gasteiger partial charge < -0.3 is 0 Å². The molecule has 0 aliphatic heterocycles. The van der Waals surface area contributed by atoms with Crippen LogP contribution in [0.15, 0.2) is 89.9 Å². The van der Waals surface area contributed by atoms with E-state index >= 15 is 0 Å². The maximum absolute atomic E-state index is 12.6. The smallest absolute Gasteiger partial charge is 0.267 e. The molecule has 0 aromatic heterocycles. The number of carbonyl (C=O) groups excluding carboxylic acids is 1. The van der Waals surface area contributed by atoms with E-state index in [1.807, 2.05) is 60.7 Å². The highest BCUT2D eigenvalue weighted by molar-refractivity contribution is 6.18. The number of hydrogen-bond donors (Lipinski definition) is 0. The van der Waals surface area contributed by atoms with Gasteiger partial charge in [0.2, 0.25) is 0 Å². The molecule has 0 heterocycles. The molecular weight excluding hydrogens is 318 g/mol. The van der Waals surface area contributed by atoms with Gasteiger partial charge in [0.1, 0.15) is 0 Å². The molecule has 0 spiro atoms. The Kier molecular flexibility index (Phi) is 5.13. The number of rotatable bonds is 3. The average molecular weight is 341 g/mol. The molecule has 0 unspecified atom stereocenters. The normalized spacial score (nSPS) is 12.0. The third-order valence-corrected chi connectivity index (χ3v) is 4.31. The van der Waals surface area contributed by atoms with E-state index in [0.29, 0.717) is 11.3 Å². The highest BCUT2D eigenvalue weighted by atomic mass is 16.1. The first kappa shape index (κ1) is 17.8. The number of aliphatic imine (C=N–C) groups is 1. The van der Waals surface area contributed by atoms with Crippen molar-refractivity contribution < 1.29 is 4.79 Å². The van der Waals surface area contributed by atoms with Crippen molar-refractivity contribution in [1.82, 2.24) is 0 Å². The monoisotopic (exact) mass is 341 g/mol. The molecule has 3 aromatic carbocycles. The summed E-state index contributed by atoms with van der Waals surface area (Å²) in [5.74, 6) is -0.232. The van der Waals surface area contributed by atoms with Gasteiger partial charge in [0.25, 0.3) is 5.91 Å². The zero-order valence-corrected chi connectivity index (χ0v) is 15.4. The Balaban J connectivity index is 2.05. The maximum Gasteiger partial charge on any atom is 0.277 e.